The third kappa shape index (κ3) is 7.14. The minimum atomic E-state index is 0.770. The summed E-state index contributed by atoms with van der Waals surface area (Å²) in [6.45, 7) is 11.3. The molecule has 0 saturated heterocycles. The molecular formula is C13H27N. The van der Waals surface area contributed by atoms with Crippen LogP contribution in [-0.2, 0) is 0 Å². The smallest absolute Gasteiger partial charge is 0.00142 e. The monoisotopic (exact) mass is 197 g/mol. The molecular weight excluding hydrogens is 170 g/mol. The van der Waals surface area contributed by atoms with Crippen molar-refractivity contribution in [2.45, 2.75) is 53.4 Å². The van der Waals surface area contributed by atoms with Gasteiger partial charge in [-0.15, -0.1) is 0 Å². The standard InChI is InChI=1S/C13H27N/c1-5-8-12(3)13(4)9-7-11-14-10-6-2/h9,12,14H,5-8,10-11H2,1-4H3/b13-9-. The molecule has 14 heavy (non-hydrogen) atoms. The minimum Gasteiger partial charge on any atom is -0.316 e. The fourth-order valence-electron chi connectivity index (χ4n) is 1.57. The predicted octanol–water partition coefficient (Wildman–Crippen LogP) is 3.76. The Morgan fingerprint density at radius 2 is 1.93 bits per heavy atom. The Hall–Kier alpha value is -0.300. The van der Waals surface area contributed by atoms with Crippen molar-refractivity contribution in [1.29, 1.82) is 0 Å². The average molecular weight is 197 g/mol. The summed E-state index contributed by atoms with van der Waals surface area (Å²) in [5.74, 6) is 0.770. The summed E-state index contributed by atoms with van der Waals surface area (Å²) in [5, 5.41) is 3.42. The second kappa shape index (κ2) is 9.26. The molecule has 1 N–H and O–H groups in total. The summed E-state index contributed by atoms with van der Waals surface area (Å²) < 4.78 is 0. The van der Waals surface area contributed by atoms with E-state index in [9.17, 15) is 0 Å². The van der Waals surface area contributed by atoms with Gasteiger partial charge < -0.3 is 5.32 Å². The van der Waals surface area contributed by atoms with E-state index in [2.05, 4.69) is 39.1 Å². The van der Waals surface area contributed by atoms with E-state index in [1.165, 1.54) is 25.7 Å². The lowest BCUT2D eigenvalue weighted by Gasteiger charge is -2.10. The lowest BCUT2D eigenvalue weighted by atomic mass is 9.97. The zero-order chi connectivity index (χ0) is 10.8. The molecule has 1 nitrogen and oxygen atoms in total. The molecule has 1 unspecified atom stereocenters. The molecule has 0 aliphatic carbocycles. The van der Waals surface area contributed by atoms with Crippen LogP contribution in [0.3, 0.4) is 0 Å². The van der Waals surface area contributed by atoms with Crippen molar-refractivity contribution in [3.63, 3.8) is 0 Å². The lowest BCUT2D eigenvalue weighted by Crippen LogP contribution is -2.15. The Morgan fingerprint density at radius 1 is 1.21 bits per heavy atom. The van der Waals surface area contributed by atoms with Gasteiger partial charge >= 0.3 is 0 Å². The van der Waals surface area contributed by atoms with Crippen LogP contribution >= 0.6 is 0 Å². The number of nitrogens with one attached hydrogen (secondary N) is 1. The molecule has 0 aromatic carbocycles. The summed E-state index contributed by atoms with van der Waals surface area (Å²) in [6, 6.07) is 0. The molecule has 0 fully saturated rings. The van der Waals surface area contributed by atoms with E-state index in [1.54, 1.807) is 5.57 Å². The van der Waals surface area contributed by atoms with E-state index in [0.717, 1.165) is 19.0 Å². The topological polar surface area (TPSA) is 12.0 Å². The molecule has 0 aliphatic heterocycles. The van der Waals surface area contributed by atoms with Gasteiger partial charge in [0.1, 0.15) is 0 Å². The van der Waals surface area contributed by atoms with E-state index < -0.39 is 0 Å². The highest BCUT2D eigenvalue weighted by Crippen LogP contribution is 2.15. The maximum atomic E-state index is 3.42. The summed E-state index contributed by atoms with van der Waals surface area (Å²) in [5.41, 5.74) is 1.56. The zero-order valence-electron chi connectivity index (χ0n) is 10.4. The SMILES string of the molecule is CCCNCC/C=C(/C)C(C)CCC. The van der Waals surface area contributed by atoms with Crippen LogP contribution in [-0.4, -0.2) is 13.1 Å². The first kappa shape index (κ1) is 13.7. The Labute approximate surface area is 90.0 Å². The van der Waals surface area contributed by atoms with Crippen molar-refractivity contribution in [2.24, 2.45) is 5.92 Å². The molecule has 0 rings (SSSR count). The van der Waals surface area contributed by atoms with Crippen LogP contribution in [0.25, 0.3) is 0 Å². The van der Waals surface area contributed by atoms with Crippen LogP contribution in [0, 0.1) is 5.92 Å². The molecule has 0 amide bonds. The molecule has 1 heteroatoms. The third-order valence-corrected chi connectivity index (χ3v) is 2.71. The van der Waals surface area contributed by atoms with Crippen LogP contribution in [0.2, 0.25) is 0 Å². The Bertz CT molecular complexity index is 149. The molecule has 1 atom stereocenters. The fraction of sp³-hybridized carbons (Fsp3) is 0.846. The molecule has 0 aromatic rings. The van der Waals surface area contributed by atoms with Gasteiger partial charge in [-0.25, -0.2) is 0 Å². The van der Waals surface area contributed by atoms with Gasteiger partial charge in [-0.2, -0.15) is 0 Å². The summed E-state index contributed by atoms with van der Waals surface area (Å²) in [6.07, 6.45) is 7.42. The van der Waals surface area contributed by atoms with E-state index in [-0.39, 0.29) is 0 Å². The van der Waals surface area contributed by atoms with Crippen molar-refractivity contribution >= 4 is 0 Å². The van der Waals surface area contributed by atoms with Gasteiger partial charge in [-0.05, 0) is 45.2 Å². The molecule has 0 saturated carbocycles. The highest BCUT2D eigenvalue weighted by molar-refractivity contribution is 5.02. The number of rotatable bonds is 8. The Balaban J connectivity index is 3.54. The second-order valence-electron chi connectivity index (χ2n) is 4.18. The van der Waals surface area contributed by atoms with Crippen LogP contribution in [0.4, 0.5) is 0 Å². The number of allylic oxidation sites excluding steroid dienone is 1. The van der Waals surface area contributed by atoms with Gasteiger partial charge in [0, 0.05) is 0 Å². The number of hydrogen-bond acceptors (Lipinski definition) is 1. The maximum absolute atomic E-state index is 3.42. The van der Waals surface area contributed by atoms with Crippen molar-refractivity contribution in [3.05, 3.63) is 11.6 Å². The van der Waals surface area contributed by atoms with Crippen LogP contribution < -0.4 is 5.32 Å². The van der Waals surface area contributed by atoms with E-state index in [4.69, 9.17) is 0 Å². The first-order chi connectivity index (χ1) is 6.72. The van der Waals surface area contributed by atoms with E-state index in [0.29, 0.717) is 0 Å². The molecule has 84 valence electrons. The zero-order valence-corrected chi connectivity index (χ0v) is 10.4. The van der Waals surface area contributed by atoms with Gasteiger partial charge in [0.05, 0.1) is 0 Å². The first-order valence-corrected chi connectivity index (χ1v) is 6.09. The first-order valence-electron chi connectivity index (χ1n) is 6.09. The number of hydrogen-bond donors (Lipinski definition) is 1. The molecule has 0 aromatic heterocycles. The minimum absolute atomic E-state index is 0.770. The second-order valence-corrected chi connectivity index (χ2v) is 4.18. The quantitative estimate of drug-likeness (QED) is 0.461. The molecule has 0 bridgehead atoms. The van der Waals surface area contributed by atoms with E-state index in [1.807, 2.05) is 0 Å². The summed E-state index contributed by atoms with van der Waals surface area (Å²) in [4.78, 5) is 0. The van der Waals surface area contributed by atoms with Crippen molar-refractivity contribution in [3.8, 4) is 0 Å². The van der Waals surface area contributed by atoms with Gasteiger partial charge in [0.25, 0.3) is 0 Å². The summed E-state index contributed by atoms with van der Waals surface area (Å²) in [7, 11) is 0. The average Bonchev–Trinajstić information content (AvgIpc) is 2.17. The van der Waals surface area contributed by atoms with Gasteiger partial charge in [-0.1, -0.05) is 38.8 Å². The Kier molecular flexibility index (Phi) is 9.06. The van der Waals surface area contributed by atoms with Crippen molar-refractivity contribution in [2.75, 3.05) is 13.1 Å². The van der Waals surface area contributed by atoms with Crippen molar-refractivity contribution < 1.29 is 0 Å². The third-order valence-electron chi connectivity index (χ3n) is 2.71. The highest BCUT2D eigenvalue weighted by atomic mass is 14.8. The molecule has 0 spiro atoms. The lowest BCUT2D eigenvalue weighted by molar-refractivity contribution is 0.596. The molecule has 0 heterocycles. The van der Waals surface area contributed by atoms with Crippen LogP contribution in [0.1, 0.15) is 53.4 Å². The summed E-state index contributed by atoms with van der Waals surface area (Å²) >= 11 is 0. The predicted molar refractivity (Wildman–Crippen MR) is 65.6 cm³/mol. The highest BCUT2D eigenvalue weighted by Gasteiger charge is 2.01. The molecule has 0 radical (unpaired) electrons. The molecule has 0 aliphatic rings. The Morgan fingerprint density at radius 3 is 2.50 bits per heavy atom. The van der Waals surface area contributed by atoms with Crippen LogP contribution in [0.15, 0.2) is 11.6 Å². The van der Waals surface area contributed by atoms with Gasteiger partial charge in [-0.3, -0.25) is 0 Å². The van der Waals surface area contributed by atoms with Crippen molar-refractivity contribution in [1.82, 2.24) is 5.32 Å². The maximum Gasteiger partial charge on any atom is -0.00142 e. The van der Waals surface area contributed by atoms with Crippen LogP contribution in [0.5, 0.6) is 0 Å². The van der Waals surface area contributed by atoms with Gasteiger partial charge in [0.15, 0.2) is 0 Å². The normalized spacial score (nSPS) is 14.4. The van der Waals surface area contributed by atoms with E-state index >= 15 is 0 Å². The fourth-order valence-corrected chi connectivity index (χ4v) is 1.57. The largest absolute Gasteiger partial charge is 0.316 e. The van der Waals surface area contributed by atoms with Gasteiger partial charge in [0.2, 0.25) is 0 Å².